The number of benzene rings is 1. The van der Waals surface area contributed by atoms with E-state index in [0.717, 1.165) is 18.4 Å². The second-order valence-electron chi connectivity index (χ2n) is 6.11. The average molecular weight is 342 g/mol. The third kappa shape index (κ3) is 5.21. The van der Waals surface area contributed by atoms with Gasteiger partial charge < -0.3 is 9.47 Å². The van der Waals surface area contributed by atoms with E-state index in [9.17, 15) is 4.79 Å². The number of hydrogen-bond acceptors (Lipinski definition) is 4. The molecule has 25 heavy (non-hydrogen) atoms. The minimum absolute atomic E-state index is 0.0730. The summed E-state index contributed by atoms with van der Waals surface area (Å²) in [6.45, 7) is 6.81. The van der Waals surface area contributed by atoms with Crippen LogP contribution in [0, 0.1) is 0 Å². The van der Waals surface area contributed by atoms with Gasteiger partial charge in [0.15, 0.2) is 17.3 Å². The van der Waals surface area contributed by atoms with Gasteiger partial charge in [0.05, 0.1) is 25.5 Å². The quantitative estimate of drug-likeness (QED) is 0.381. The zero-order valence-electron chi connectivity index (χ0n) is 15.4. The second kappa shape index (κ2) is 9.06. The minimum Gasteiger partial charge on any atom is -0.493 e. The molecule has 0 N–H and O–H groups in total. The van der Waals surface area contributed by atoms with Crippen molar-refractivity contribution in [3.05, 3.63) is 47.8 Å². The van der Waals surface area contributed by atoms with Crippen molar-refractivity contribution in [1.29, 1.82) is 0 Å². The van der Waals surface area contributed by atoms with Crippen molar-refractivity contribution in [2.45, 2.75) is 39.7 Å². The monoisotopic (exact) mass is 342 g/mol. The molecule has 0 spiro atoms. The summed E-state index contributed by atoms with van der Waals surface area (Å²) in [5, 5.41) is 4.20. The lowest BCUT2D eigenvalue weighted by atomic mass is 10.1. The smallest absolute Gasteiger partial charge is 0.189 e. The molecule has 0 atom stereocenters. The summed E-state index contributed by atoms with van der Waals surface area (Å²) in [6.07, 6.45) is 8.76. The molecule has 0 aliphatic carbocycles. The number of carbonyl (C=O) groups excluding carboxylic acids is 1. The Morgan fingerprint density at radius 2 is 2.12 bits per heavy atom. The molecule has 0 aliphatic heterocycles. The molecule has 2 aromatic rings. The molecule has 0 amide bonds. The van der Waals surface area contributed by atoms with Crippen molar-refractivity contribution in [3.8, 4) is 11.5 Å². The van der Waals surface area contributed by atoms with Crippen LogP contribution in [0.5, 0.6) is 11.5 Å². The van der Waals surface area contributed by atoms with Crippen LogP contribution >= 0.6 is 0 Å². The summed E-state index contributed by atoms with van der Waals surface area (Å²) in [4.78, 5) is 12.3. The van der Waals surface area contributed by atoms with Crippen molar-refractivity contribution in [2.75, 3.05) is 13.7 Å². The Morgan fingerprint density at radius 3 is 2.76 bits per heavy atom. The summed E-state index contributed by atoms with van der Waals surface area (Å²) in [7, 11) is 1.62. The standard InChI is InChI=1S/C20H26N2O3/c1-5-6-11-25-20-12-16(8-10-19(20)24-4)7-9-18(23)17-13-21-22(14-17)15(2)3/h7-10,12-15H,5-6,11H2,1-4H3. The largest absolute Gasteiger partial charge is 0.493 e. The van der Waals surface area contributed by atoms with E-state index in [1.165, 1.54) is 0 Å². The van der Waals surface area contributed by atoms with Crippen LogP contribution in [0.4, 0.5) is 0 Å². The van der Waals surface area contributed by atoms with Crippen molar-refractivity contribution < 1.29 is 14.3 Å². The van der Waals surface area contributed by atoms with Crippen LogP contribution in [-0.2, 0) is 0 Å². The molecule has 5 nitrogen and oxygen atoms in total. The van der Waals surface area contributed by atoms with Gasteiger partial charge in [-0.05, 0) is 44.0 Å². The number of hydrogen-bond donors (Lipinski definition) is 0. The van der Waals surface area contributed by atoms with Gasteiger partial charge in [0.1, 0.15) is 0 Å². The van der Waals surface area contributed by atoms with Crippen LogP contribution in [-0.4, -0.2) is 29.3 Å². The van der Waals surface area contributed by atoms with Crippen LogP contribution in [0.25, 0.3) is 6.08 Å². The van der Waals surface area contributed by atoms with Crippen LogP contribution in [0.15, 0.2) is 36.7 Å². The molecule has 0 unspecified atom stereocenters. The van der Waals surface area contributed by atoms with Gasteiger partial charge in [-0.1, -0.05) is 25.5 Å². The van der Waals surface area contributed by atoms with Crippen LogP contribution in [0.3, 0.4) is 0 Å². The number of carbonyl (C=O) groups is 1. The number of nitrogens with zero attached hydrogens (tertiary/aromatic N) is 2. The molecule has 1 aromatic carbocycles. The van der Waals surface area contributed by atoms with E-state index in [0.29, 0.717) is 23.7 Å². The number of ketones is 1. The lowest BCUT2D eigenvalue weighted by molar-refractivity contribution is 0.104. The molecular formula is C20H26N2O3. The highest BCUT2D eigenvalue weighted by molar-refractivity contribution is 6.06. The SMILES string of the molecule is CCCCOc1cc(C=CC(=O)c2cnn(C(C)C)c2)ccc1OC. The maximum atomic E-state index is 12.3. The van der Waals surface area contributed by atoms with E-state index in [-0.39, 0.29) is 11.8 Å². The molecule has 2 rings (SSSR count). The summed E-state index contributed by atoms with van der Waals surface area (Å²) in [5.74, 6) is 1.31. The van der Waals surface area contributed by atoms with Crippen LogP contribution in [0.2, 0.25) is 0 Å². The molecule has 0 saturated carbocycles. The number of unbranched alkanes of at least 4 members (excludes halogenated alkanes) is 1. The Hall–Kier alpha value is -2.56. The molecule has 5 heteroatoms. The number of allylic oxidation sites excluding steroid dienone is 1. The highest BCUT2D eigenvalue weighted by atomic mass is 16.5. The highest BCUT2D eigenvalue weighted by Crippen LogP contribution is 2.28. The van der Waals surface area contributed by atoms with E-state index < -0.39 is 0 Å². The van der Waals surface area contributed by atoms with Gasteiger partial charge in [-0.3, -0.25) is 9.48 Å². The number of ether oxygens (including phenoxy) is 2. The second-order valence-corrected chi connectivity index (χ2v) is 6.11. The molecule has 134 valence electrons. The van der Waals surface area contributed by atoms with E-state index in [2.05, 4.69) is 12.0 Å². The molecule has 0 fully saturated rings. The third-order valence-electron chi connectivity index (χ3n) is 3.79. The summed E-state index contributed by atoms with van der Waals surface area (Å²) < 4.78 is 12.9. The maximum Gasteiger partial charge on any atom is 0.189 e. The minimum atomic E-state index is -0.0730. The van der Waals surface area contributed by atoms with Crippen molar-refractivity contribution in [3.63, 3.8) is 0 Å². The normalized spacial score (nSPS) is 11.2. The first-order chi connectivity index (χ1) is 12.0. The highest BCUT2D eigenvalue weighted by Gasteiger charge is 2.08. The van der Waals surface area contributed by atoms with Crippen molar-refractivity contribution in [1.82, 2.24) is 9.78 Å². The molecular weight excluding hydrogens is 316 g/mol. The zero-order chi connectivity index (χ0) is 18.2. The van der Waals surface area contributed by atoms with Gasteiger partial charge in [0.25, 0.3) is 0 Å². The van der Waals surface area contributed by atoms with Crippen LogP contribution < -0.4 is 9.47 Å². The molecule has 0 radical (unpaired) electrons. The van der Waals surface area contributed by atoms with E-state index in [1.807, 2.05) is 32.0 Å². The van der Waals surface area contributed by atoms with E-state index >= 15 is 0 Å². The Bertz CT molecular complexity index is 732. The topological polar surface area (TPSA) is 53.3 Å². The van der Waals surface area contributed by atoms with Gasteiger partial charge >= 0.3 is 0 Å². The summed E-state index contributed by atoms with van der Waals surface area (Å²) in [6, 6.07) is 5.86. The number of rotatable bonds is 9. The van der Waals surface area contributed by atoms with Gasteiger partial charge in [0, 0.05) is 12.2 Å². The van der Waals surface area contributed by atoms with Gasteiger partial charge in [-0.2, -0.15) is 5.10 Å². The molecule has 0 saturated heterocycles. The van der Waals surface area contributed by atoms with E-state index in [4.69, 9.17) is 9.47 Å². The fraction of sp³-hybridized carbons (Fsp3) is 0.400. The first-order valence-electron chi connectivity index (χ1n) is 8.62. The fourth-order valence-electron chi connectivity index (χ4n) is 2.25. The Morgan fingerprint density at radius 1 is 1.32 bits per heavy atom. The first kappa shape index (κ1) is 18.8. The maximum absolute atomic E-state index is 12.3. The molecule has 0 aliphatic rings. The fourth-order valence-corrected chi connectivity index (χ4v) is 2.25. The average Bonchev–Trinajstić information content (AvgIpc) is 3.10. The van der Waals surface area contributed by atoms with E-state index in [1.54, 1.807) is 36.3 Å². The Kier molecular flexibility index (Phi) is 6.81. The lowest BCUT2D eigenvalue weighted by Gasteiger charge is -2.11. The van der Waals surface area contributed by atoms with Gasteiger partial charge in [-0.15, -0.1) is 0 Å². The van der Waals surface area contributed by atoms with Gasteiger partial charge in [-0.25, -0.2) is 0 Å². The first-order valence-corrected chi connectivity index (χ1v) is 8.62. The summed E-state index contributed by atoms with van der Waals surface area (Å²) in [5.41, 5.74) is 1.47. The molecule has 1 heterocycles. The van der Waals surface area contributed by atoms with Crippen molar-refractivity contribution >= 4 is 11.9 Å². The van der Waals surface area contributed by atoms with Crippen LogP contribution in [0.1, 0.15) is 55.6 Å². The Balaban J connectivity index is 2.10. The predicted molar refractivity (Wildman–Crippen MR) is 99.4 cm³/mol. The molecule has 0 bridgehead atoms. The Labute approximate surface area is 149 Å². The lowest BCUT2D eigenvalue weighted by Crippen LogP contribution is -2.00. The summed E-state index contributed by atoms with van der Waals surface area (Å²) >= 11 is 0. The third-order valence-corrected chi connectivity index (χ3v) is 3.79. The van der Waals surface area contributed by atoms with Gasteiger partial charge in [0.2, 0.25) is 0 Å². The molecule has 1 aromatic heterocycles. The number of methoxy groups -OCH3 is 1. The number of aromatic nitrogens is 2. The zero-order valence-corrected chi connectivity index (χ0v) is 15.4. The van der Waals surface area contributed by atoms with Crippen molar-refractivity contribution in [2.24, 2.45) is 0 Å². The predicted octanol–water partition coefficient (Wildman–Crippen LogP) is 4.55.